The van der Waals surface area contributed by atoms with Crippen LogP contribution in [-0.4, -0.2) is 31.5 Å². The number of hydrogen-bond donors (Lipinski definition) is 0. The standard InChI is InChI=1S/C24H20ClF4NO5/c1-3-32-22(31)13-34-30-14(2)12-33-18-6-4-15-5-7-19(9-16(15)8-18)35-23-20(25)10-17(11-21(23)26)24(27,28)29/h4-11H,3,12-13H2,1-2H3. The van der Waals surface area contributed by atoms with Gasteiger partial charge in [0.2, 0.25) is 6.61 Å². The summed E-state index contributed by atoms with van der Waals surface area (Å²) in [6, 6.07) is 10.9. The molecule has 0 saturated carbocycles. The Morgan fingerprint density at radius 3 is 2.34 bits per heavy atom. The molecule has 0 saturated heterocycles. The average Bonchev–Trinajstić information content (AvgIpc) is 2.79. The number of hydrogen-bond acceptors (Lipinski definition) is 6. The van der Waals surface area contributed by atoms with Gasteiger partial charge in [0, 0.05) is 0 Å². The molecule has 0 aliphatic heterocycles. The molecule has 0 aliphatic carbocycles. The fourth-order valence-electron chi connectivity index (χ4n) is 2.91. The number of oxime groups is 1. The first-order chi connectivity index (χ1) is 16.6. The van der Waals surface area contributed by atoms with E-state index in [1.807, 2.05) is 0 Å². The Hall–Kier alpha value is -3.53. The molecular formula is C24H20ClF4NO5. The summed E-state index contributed by atoms with van der Waals surface area (Å²) >= 11 is 5.84. The Balaban J connectivity index is 1.70. The van der Waals surface area contributed by atoms with Crippen molar-refractivity contribution in [2.75, 3.05) is 19.8 Å². The second kappa shape index (κ2) is 11.3. The Morgan fingerprint density at radius 1 is 1.00 bits per heavy atom. The molecule has 11 heteroatoms. The largest absolute Gasteiger partial charge is 0.488 e. The van der Waals surface area contributed by atoms with Crippen molar-refractivity contribution in [3.05, 3.63) is 64.9 Å². The summed E-state index contributed by atoms with van der Waals surface area (Å²) in [6.07, 6.45) is -4.74. The summed E-state index contributed by atoms with van der Waals surface area (Å²) in [4.78, 5) is 16.1. The number of rotatable bonds is 9. The summed E-state index contributed by atoms with van der Waals surface area (Å²) in [5, 5.41) is 4.75. The summed E-state index contributed by atoms with van der Waals surface area (Å²) in [6.45, 7) is 3.35. The van der Waals surface area contributed by atoms with Crippen molar-refractivity contribution in [1.29, 1.82) is 0 Å². The Morgan fingerprint density at radius 2 is 1.69 bits per heavy atom. The van der Waals surface area contributed by atoms with Crippen LogP contribution in [0, 0.1) is 5.82 Å². The van der Waals surface area contributed by atoms with Crippen LogP contribution in [0.1, 0.15) is 19.4 Å². The maximum absolute atomic E-state index is 14.3. The third kappa shape index (κ3) is 7.22. The van der Waals surface area contributed by atoms with Gasteiger partial charge in [-0.2, -0.15) is 13.2 Å². The fraction of sp³-hybridized carbons (Fsp3) is 0.250. The quantitative estimate of drug-likeness (QED) is 0.137. The number of halogens is 5. The molecule has 3 aromatic rings. The van der Waals surface area contributed by atoms with Crippen molar-refractivity contribution in [1.82, 2.24) is 0 Å². The molecule has 0 unspecified atom stereocenters. The van der Waals surface area contributed by atoms with Gasteiger partial charge in [0.1, 0.15) is 18.1 Å². The van der Waals surface area contributed by atoms with E-state index in [1.54, 1.807) is 44.2 Å². The highest BCUT2D eigenvalue weighted by atomic mass is 35.5. The first-order valence-corrected chi connectivity index (χ1v) is 10.7. The molecule has 3 aromatic carbocycles. The molecule has 0 bridgehead atoms. The SMILES string of the molecule is CCOC(=O)CON=C(C)COc1ccc2ccc(Oc3c(F)cc(C(F)(F)F)cc3Cl)cc2c1. The predicted molar refractivity (Wildman–Crippen MR) is 122 cm³/mol. The number of carbonyl (C=O) groups excluding carboxylic acids is 1. The van der Waals surface area contributed by atoms with Crippen LogP contribution >= 0.6 is 11.6 Å². The van der Waals surface area contributed by atoms with Crippen molar-refractivity contribution in [3.63, 3.8) is 0 Å². The molecule has 0 amide bonds. The third-order valence-corrected chi connectivity index (χ3v) is 4.77. The number of nitrogens with zero attached hydrogens (tertiary/aromatic N) is 1. The lowest BCUT2D eigenvalue weighted by molar-refractivity contribution is -0.148. The lowest BCUT2D eigenvalue weighted by Gasteiger charge is -2.13. The van der Waals surface area contributed by atoms with E-state index >= 15 is 0 Å². The Kier molecular flexibility index (Phi) is 8.39. The predicted octanol–water partition coefficient (Wildman–Crippen LogP) is 6.78. The zero-order valence-electron chi connectivity index (χ0n) is 18.6. The lowest BCUT2D eigenvalue weighted by atomic mass is 10.1. The van der Waals surface area contributed by atoms with Gasteiger partial charge >= 0.3 is 12.1 Å². The highest BCUT2D eigenvalue weighted by Gasteiger charge is 2.32. The zero-order chi connectivity index (χ0) is 25.6. The van der Waals surface area contributed by atoms with Gasteiger partial charge in [-0.15, -0.1) is 0 Å². The average molecular weight is 514 g/mol. The lowest BCUT2D eigenvalue weighted by Crippen LogP contribution is -2.13. The van der Waals surface area contributed by atoms with Crippen molar-refractivity contribution in [2.45, 2.75) is 20.0 Å². The van der Waals surface area contributed by atoms with Crippen molar-refractivity contribution in [3.8, 4) is 17.2 Å². The van der Waals surface area contributed by atoms with E-state index in [1.165, 1.54) is 6.07 Å². The monoisotopic (exact) mass is 513 g/mol. The number of carbonyl (C=O) groups is 1. The summed E-state index contributed by atoms with van der Waals surface area (Å²) in [7, 11) is 0. The van der Waals surface area contributed by atoms with E-state index < -0.39 is 34.3 Å². The van der Waals surface area contributed by atoms with Gasteiger partial charge in [-0.1, -0.05) is 28.9 Å². The van der Waals surface area contributed by atoms with Gasteiger partial charge in [-0.3, -0.25) is 0 Å². The van der Waals surface area contributed by atoms with Gasteiger partial charge in [-0.05, 0) is 61.0 Å². The van der Waals surface area contributed by atoms with Crippen LogP contribution in [0.2, 0.25) is 5.02 Å². The molecule has 35 heavy (non-hydrogen) atoms. The Labute approximate surface area is 203 Å². The van der Waals surface area contributed by atoms with Gasteiger partial charge in [0.05, 0.1) is 22.9 Å². The molecule has 0 spiro atoms. The molecule has 0 N–H and O–H groups in total. The highest BCUT2D eigenvalue weighted by Crippen LogP contribution is 2.39. The maximum Gasteiger partial charge on any atom is 0.416 e. The molecule has 3 rings (SSSR count). The normalized spacial score (nSPS) is 11.9. The minimum Gasteiger partial charge on any atom is -0.488 e. The van der Waals surface area contributed by atoms with Gasteiger partial charge in [0.15, 0.2) is 11.6 Å². The van der Waals surface area contributed by atoms with Crippen LogP contribution in [0.25, 0.3) is 10.8 Å². The molecule has 0 aromatic heterocycles. The van der Waals surface area contributed by atoms with E-state index in [-0.39, 0.29) is 25.6 Å². The van der Waals surface area contributed by atoms with E-state index in [0.717, 1.165) is 5.39 Å². The molecular weight excluding hydrogens is 494 g/mol. The van der Waals surface area contributed by atoms with Crippen molar-refractivity contribution >= 4 is 34.1 Å². The summed E-state index contributed by atoms with van der Waals surface area (Å²) in [5.41, 5.74) is -0.739. The van der Waals surface area contributed by atoms with Crippen LogP contribution in [0.3, 0.4) is 0 Å². The van der Waals surface area contributed by atoms with Crippen LogP contribution in [0.5, 0.6) is 17.2 Å². The van der Waals surface area contributed by atoms with Crippen molar-refractivity contribution in [2.24, 2.45) is 5.16 Å². The topological polar surface area (TPSA) is 66.4 Å². The zero-order valence-corrected chi connectivity index (χ0v) is 19.4. The third-order valence-electron chi connectivity index (χ3n) is 4.48. The van der Waals surface area contributed by atoms with E-state index in [4.69, 9.17) is 30.6 Å². The fourth-order valence-corrected chi connectivity index (χ4v) is 3.15. The molecule has 0 radical (unpaired) electrons. The first-order valence-electron chi connectivity index (χ1n) is 10.3. The van der Waals surface area contributed by atoms with E-state index in [9.17, 15) is 22.4 Å². The van der Waals surface area contributed by atoms with Gasteiger partial charge in [-0.25, -0.2) is 9.18 Å². The number of alkyl halides is 3. The van der Waals surface area contributed by atoms with E-state index in [0.29, 0.717) is 29.0 Å². The van der Waals surface area contributed by atoms with E-state index in [2.05, 4.69) is 5.16 Å². The minimum absolute atomic E-state index is 0.0803. The maximum atomic E-state index is 14.3. The molecule has 186 valence electrons. The summed E-state index contributed by atoms with van der Waals surface area (Å²) < 4.78 is 68.6. The van der Waals surface area contributed by atoms with Gasteiger partial charge in [0.25, 0.3) is 0 Å². The molecule has 0 heterocycles. The van der Waals surface area contributed by atoms with Gasteiger partial charge < -0.3 is 19.0 Å². The van der Waals surface area contributed by atoms with Crippen LogP contribution in [0.4, 0.5) is 17.6 Å². The van der Waals surface area contributed by atoms with Crippen LogP contribution in [0.15, 0.2) is 53.7 Å². The number of ether oxygens (including phenoxy) is 3. The highest BCUT2D eigenvalue weighted by molar-refractivity contribution is 6.32. The van der Waals surface area contributed by atoms with Crippen molar-refractivity contribution < 1.29 is 41.4 Å². The second-order valence-electron chi connectivity index (χ2n) is 7.23. The molecule has 0 atom stereocenters. The van der Waals surface area contributed by atoms with Crippen LogP contribution < -0.4 is 9.47 Å². The number of benzene rings is 3. The van der Waals surface area contributed by atoms with Crippen LogP contribution in [-0.2, 0) is 20.5 Å². The molecule has 0 aliphatic rings. The first kappa shape index (κ1) is 26.1. The smallest absolute Gasteiger partial charge is 0.416 e. The molecule has 6 nitrogen and oxygen atoms in total. The summed E-state index contributed by atoms with van der Waals surface area (Å²) in [5.74, 6) is -1.63. The second-order valence-corrected chi connectivity index (χ2v) is 7.64. The minimum atomic E-state index is -4.74. The Bertz CT molecular complexity index is 1220. The molecule has 0 fully saturated rings. The number of esters is 1. The number of fused-ring (bicyclic) bond motifs is 1.